The zero-order valence-corrected chi connectivity index (χ0v) is 12.8. The number of hydrogen-bond donors (Lipinski definition) is 2. The van der Waals surface area contributed by atoms with Crippen molar-refractivity contribution in [2.75, 3.05) is 5.32 Å². The van der Waals surface area contributed by atoms with Gasteiger partial charge in [-0.25, -0.2) is 0 Å². The Morgan fingerprint density at radius 3 is 2.90 bits per heavy atom. The van der Waals surface area contributed by atoms with Gasteiger partial charge in [-0.2, -0.15) is 0 Å². The molecule has 0 aromatic heterocycles. The van der Waals surface area contributed by atoms with E-state index in [9.17, 15) is 9.59 Å². The van der Waals surface area contributed by atoms with Crippen molar-refractivity contribution in [2.45, 2.75) is 46.1 Å². The van der Waals surface area contributed by atoms with Crippen LogP contribution >= 0.6 is 0 Å². The average Bonchev–Trinajstić information content (AvgIpc) is 2.46. The maximum atomic E-state index is 12.0. The van der Waals surface area contributed by atoms with Crippen LogP contribution < -0.4 is 10.6 Å². The molecular weight excluding hydrogens is 264 g/mol. The molecule has 4 nitrogen and oxygen atoms in total. The molecule has 1 aliphatic heterocycles. The topological polar surface area (TPSA) is 58.2 Å². The molecule has 0 fully saturated rings. The maximum absolute atomic E-state index is 12.0. The van der Waals surface area contributed by atoms with Gasteiger partial charge in [0.25, 0.3) is 0 Å². The second-order valence-corrected chi connectivity index (χ2v) is 5.46. The standard InChI is InChI=1S/C17H22N2O2/c1-4-5-11(2)17(21)18-12(3)13-6-8-15-14(10-13)7-9-16(20)19-15/h5-6,8,10,12H,4,7,9H2,1-3H3,(H,18,21)(H,19,20). The molecule has 0 saturated heterocycles. The molecule has 2 amide bonds. The first-order valence-corrected chi connectivity index (χ1v) is 7.41. The molecule has 0 aliphatic carbocycles. The minimum Gasteiger partial charge on any atom is -0.346 e. The molecule has 2 rings (SSSR count). The summed E-state index contributed by atoms with van der Waals surface area (Å²) in [5.41, 5.74) is 3.82. The van der Waals surface area contributed by atoms with Crippen LogP contribution in [0.4, 0.5) is 5.69 Å². The third-order valence-corrected chi connectivity index (χ3v) is 3.74. The number of anilines is 1. The first-order valence-electron chi connectivity index (χ1n) is 7.41. The fraction of sp³-hybridized carbons (Fsp3) is 0.412. The van der Waals surface area contributed by atoms with Crippen molar-refractivity contribution in [1.29, 1.82) is 0 Å². The van der Waals surface area contributed by atoms with Gasteiger partial charge in [-0.1, -0.05) is 25.1 Å². The smallest absolute Gasteiger partial charge is 0.247 e. The van der Waals surface area contributed by atoms with Crippen LogP contribution in [-0.2, 0) is 16.0 Å². The van der Waals surface area contributed by atoms with Gasteiger partial charge in [0.05, 0.1) is 6.04 Å². The number of benzene rings is 1. The van der Waals surface area contributed by atoms with Gasteiger partial charge in [-0.15, -0.1) is 0 Å². The number of fused-ring (bicyclic) bond motifs is 1. The Morgan fingerprint density at radius 2 is 2.19 bits per heavy atom. The molecule has 0 spiro atoms. The van der Waals surface area contributed by atoms with Gasteiger partial charge in [0.1, 0.15) is 0 Å². The highest BCUT2D eigenvalue weighted by atomic mass is 16.2. The fourth-order valence-electron chi connectivity index (χ4n) is 2.47. The van der Waals surface area contributed by atoms with Gasteiger partial charge in [0.2, 0.25) is 11.8 Å². The van der Waals surface area contributed by atoms with Crippen LogP contribution in [0.15, 0.2) is 29.8 Å². The number of rotatable bonds is 4. The summed E-state index contributed by atoms with van der Waals surface area (Å²) in [5, 5.41) is 5.87. The highest BCUT2D eigenvalue weighted by Crippen LogP contribution is 2.26. The molecule has 1 aliphatic rings. The Balaban J connectivity index is 2.10. The lowest BCUT2D eigenvalue weighted by Crippen LogP contribution is -2.27. The Hall–Kier alpha value is -2.10. The van der Waals surface area contributed by atoms with Crippen LogP contribution in [-0.4, -0.2) is 11.8 Å². The molecule has 112 valence electrons. The molecule has 1 aromatic rings. The van der Waals surface area contributed by atoms with Crippen molar-refractivity contribution in [3.05, 3.63) is 41.0 Å². The first kappa shape index (κ1) is 15.3. The SMILES string of the molecule is CCC=C(C)C(=O)NC(C)c1ccc2c(c1)CCC(=O)N2. The van der Waals surface area contributed by atoms with Crippen molar-refractivity contribution in [1.82, 2.24) is 5.32 Å². The maximum Gasteiger partial charge on any atom is 0.247 e. The van der Waals surface area contributed by atoms with Crippen LogP contribution in [0.25, 0.3) is 0 Å². The summed E-state index contributed by atoms with van der Waals surface area (Å²) in [6.45, 7) is 5.81. The first-order chi connectivity index (χ1) is 10.0. The van der Waals surface area contributed by atoms with Crippen LogP contribution in [0, 0.1) is 0 Å². The van der Waals surface area contributed by atoms with E-state index in [1.165, 1.54) is 0 Å². The number of nitrogens with one attached hydrogen (secondary N) is 2. The fourth-order valence-corrected chi connectivity index (χ4v) is 2.47. The lowest BCUT2D eigenvalue weighted by atomic mass is 9.97. The van der Waals surface area contributed by atoms with Gasteiger partial charge in [-0.05, 0) is 43.9 Å². The minimum absolute atomic E-state index is 0.0321. The summed E-state index contributed by atoms with van der Waals surface area (Å²) in [6.07, 6.45) is 4.05. The van der Waals surface area contributed by atoms with Gasteiger partial charge in [0, 0.05) is 17.7 Å². The van der Waals surface area contributed by atoms with E-state index in [1.807, 2.05) is 39.0 Å². The number of carbonyl (C=O) groups excluding carboxylic acids is 2. The highest BCUT2D eigenvalue weighted by Gasteiger charge is 2.17. The van der Waals surface area contributed by atoms with Crippen LogP contribution in [0.5, 0.6) is 0 Å². The number of carbonyl (C=O) groups is 2. The summed E-state index contributed by atoms with van der Waals surface area (Å²) in [6, 6.07) is 5.88. The Morgan fingerprint density at radius 1 is 1.43 bits per heavy atom. The molecule has 0 radical (unpaired) electrons. The van der Waals surface area contributed by atoms with Crippen LogP contribution in [0.3, 0.4) is 0 Å². The third-order valence-electron chi connectivity index (χ3n) is 3.74. The molecule has 2 N–H and O–H groups in total. The predicted octanol–water partition coefficient (Wildman–Crippen LogP) is 3.10. The number of amides is 2. The average molecular weight is 286 g/mol. The second-order valence-electron chi connectivity index (χ2n) is 5.46. The molecule has 4 heteroatoms. The van der Waals surface area contributed by atoms with E-state index in [4.69, 9.17) is 0 Å². The molecule has 0 bridgehead atoms. The predicted molar refractivity (Wildman–Crippen MR) is 84.0 cm³/mol. The Kier molecular flexibility index (Phi) is 4.78. The van der Waals surface area contributed by atoms with Gasteiger partial charge in [0.15, 0.2) is 0 Å². The van der Waals surface area contributed by atoms with E-state index in [0.29, 0.717) is 6.42 Å². The summed E-state index contributed by atoms with van der Waals surface area (Å²) < 4.78 is 0. The summed E-state index contributed by atoms with van der Waals surface area (Å²) >= 11 is 0. The van der Waals surface area contributed by atoms with E-state index in [2.05, 4.69) is 16.7 Å². The largest absolute Gasteiger partial charge is 0.346 e. The molecule has 1 unspecified atom stereocenters. The zero-order chi connectivity index (χ0) is 15.4. The van der Waals surface area contributed by atoms with Crippen molar-refractivity contribution < 1.29 is 9.59 Å². The van der Waals surface area contributed by atoms with Gasteiger partial charge >= 0.3 is 0 Å². The molecule has 1 atom stereocenters. The lowest BCUT2D eigenvalue weighted by molar-refractivity contribution is -0.118. The summed E-state index contributed by atoms with van der Waals surface area (Å²) in [7, 11) is 0. The van der Waals surface area contributed by atoms with Crippen LogP contribution in [0.1, 0.15) is 50.8 Å². The van der Waals surface area contributed by atoms with E-state index in [-0.39, 0.29) is 17.9 Å². The normalized spacial score (nSPS) is 16.0. The quantitative estimate of drug-likeness (QED) is 0.836. The number of hydrogen-bond acceptors (Lipinski definition) is 2. The molecule has 1 aromatic carbocycles. The number of allylic oxidation sites excluding steroid dienone is 1. The molecule has 0 saturated carbocycles. The van der Waals surface area contributed by atoms with E-state index in [0.717, 1.165) is 35.2 Å². The molecular formula is C17H22N2O2. The second kappa shape index (κ2) is 6.57. The third kappa shape index (κ3) is 3.72. The molecule has 1 heterocycles. The van der Waals surface area contributed by atoms with E-state index >= 15 is 0 Å². The Labute approximate surface area is 125 Å². The van der Waals surface area contributed by atoms with Crippen molar-refractivity contribution in [3.63, 3.8) is 0 Å². The van der Waals surface area contributed by atoms with Crippen molar-refractivity contribution in [3.8, 4) is 0 Å². The minimum atomic E-state index is -0.0550. The van der Waals surface area contributed by atoms with Crippen LogP contribution in [0.2, 0.25) is 0 Å². The van der Waals surface area contributed by atoms with E-state index in [1.54, 1.807) is 0 Å². The highest BCUT2D eigenvalue weighted by molar-refractivity contribution is 5.94. The Bertz CT molecular complexity index is 590. The van der Waals surface area contributed by atoms with Crippen molar-refractivity contribution in [2.24, 2.45) is 0 Å². The van der Waals surface area contributed by atoms with E-state index < -0.39 is 0 Å². The van der Waals surface area contributed by atoms with Gasteiger partial charge in [-0.3, -0.25) is 9.59 Å². The summed E-state index contributed by atoms with van der Waals surface area (Å²) in [5.74, 6) is 0.0345. The zero-order valence-electron chi connectivity index (χ0n) is 12.8. The molecule has 21 heavy (non-hydrogen) atoms. The summed E-state index contributed by atoms with van der Waals surface area (Å²) in [4.78, 5) is 23.4. The monoisotopic (exact) mass is 286 g/mol. The van der Waals surface area contributed by atoms with Gasteiger partial charge < -0.3 is 10.6 Å². The lowest BCUT2D eigenvalue weighted by Gasteiger charge is -2.20. The number of aryl methyl sites for hydroxylation is 1. The van der Waals surface area contributed by atoms with Crippen molar-refractivity contribution >= 4 is 17.5 Å².